The van der Waals surface area contributed by atoms with Gasteiger partial charge in [-0.25, -0.2) is 4.79 Å². The summed E-state index contributed by atoms with van der Waals surface area (Å²) in [7, 11) is 0. The van der Waals surface area contributed by atoms with Gasteiger partial charge >= 0.3 is 6.09 Å². The van der Waals surface area contributed by atoms with Crippen LogP contribution in [0.1, 0.15) is 23.1 Å². The predicted octanol–water partition coefficient (Wildman–Crippen LogP) is 5.19. The van der Waals surface area contributed by atoms with Crippen LogP contribution in [0.4, 0.5) is 4.79 Å². The monoisotopic (exact) mass is 420 g/mol. The first-order chi connectivity index (χ1) is 13.5. The minimum absolute atomic E-state index is 0.219. The van der Waals surface area contributed by atoms with Gasteiger partial charge in [0.2, 0.25) is 0 Å². The number of ether oxygens (including phenoxy) is 1. The van der Waals surface area contributed by atoms with Crippen LogP contribution in [-0.2, 0) is 17.7 Å². The molecule has 1 fully saturated rings. The Morgan fingerprint density at radius 3 is 2.46 bits per heavy atom. The number of carbonyl (C=O) groups is 1. The van der Waals surface area contributed by atoms with Crippen molar-refractivity contribution in [1.29, 1.82) is 0 Å². The van der Waals surface area contributed by atoms with Gasteiger partial charge in [0.1, 0.15) is 0 Å². The van der Waals surface area contributed by atoms with Crippen LogP contribution in [0.15, 0.2) is 42.5 Å². The number of amides is 1. The molecule has 2 aromatic carbocycles. The molecule has 6 heteroatoms. The maximum atomic E-state index is 12.4. The van der Waals surface area contributed by atoms with Gasteiger partial charge in [-0.05, 0) is 36.6 Å². The standard InChI is InChI=1S/C22H26Cl2N2O2/c1-17-3-5-18(6-4-17)9-14-28-22(27)26-11-2-10-25(12-13-26)16-19-7-8-20(23)21(24)15-19/h3-8,15H,2,9-14,16H2,1H3. The van der Waals surface area contributed by atoms with E-state index in [4.69, 9.17) is 27.9 Å². The highest BCUT2D eigenvalue weighted by Crippen LogP contribution is 2.23. The van der Waals surface area contributed by atoms with Crippen molar-refractivity contribution in [3.63, 3.8) is 0 Å². The lowest BCUT2D eigenvalue weighted by Gasteiger charge is -2.22. The molecule has 0 radical (unpaired) electrons. The van der Waals surface area contributed by atoms with Crippen molar-refractivity contribution in [2.24, 2.45) is 0 Å². The van der Waals surface area contributed by atoms with Crippen molar-refractivity contribution in [2.75, 3.05) is 32.8 Å². The first-order valence-electron chi connectivity index (χ1n) is 9.65. The van der Waals surface area contributed by atoms with E-state index in [0.717, 1.165) is 44.6 Å². The van der Waals surface area contributed by atoms with Gasteiger partial charge in [0.15, 0.2) is 0 Å². The largest absolute Gasteiger partial charge is 0.449 e. The molecule has 28 heavy (non-hydrogen) atoms. The van der Waals surface area contributed by atoms with Gasteiger partial charge in [-0.2, -0.15) is 0 Å². The maximum Gasteiger partial charge on any atom is 0.409 e. The fraction of sp³-hybridized carbons (Fsp3) is 0.409. The van der Waals surface area contributed by atoms with E-state index in [2.05, 4.69) is 36.1 Å². The molecule has 3 rings (SSSR count). The summed E-state index contributed by atoms with van der Waals surface area (Å²) in [5.74, 6) is 0. The van der Waals surface area contributed by atoms with Gasteiger partial charge in [-0.1, -0.05) is 59.1 Å². The van der Waals surface area contributed by atoms with Crippen molar-refractivity contribution >= 4 is 29.3 Å². The summed E-state index contributed by atoms with van der Waals surface area (Å²) in [6, 6.07) is 14.0. The van der Waals surface area contributed by atoms with E-state index in [0.29, 0.717) is 23.2 Å². The lowest BCUT2D eigenvalue weighted by molar-refractivity contribution is 0.104. The first kappa shape index (κ1) is 21.0. The highest BCUT2D eigenvalue weighted by Gasteiger charge is 2.20. The Labute approximate surface area is 177 Å². The molecule has 0 spiro atoms. The summed E-state index contributed by atoms with van der Waals surface area (Å²) in [6.45, 7) is 6.42. The summed E-state index contributed by atoms with van der Waals surface area (Å²) >= 11 is 12.1. The average molecular weight is 421 g/mol. The Hall–Kier alpha value is -1.75. The summed E-state index contributed by atoms with van der Waals surface area (Å²) in [5.41, 5.74) is 3.54. The van der Waals surface area contributed by atoms with Gasteiger partial charge in [-0.15, -0.1) is 0 Å². The van der Waals surface area contributed by atoms with Crippen LogP contribution in [0.3, 0.4) is 0 Å². The number of rotatable bonds is 5. The Bertz CT molecular complexity index is 796. The molecule has 1 aliphatic rings. The van der Waals surface area contributed by atoms with Gasteiger partial charge < -0.3 is 9.64 Å². The zero-order chi connectivity index (χ0) is 19.9. The summed E-state index contributed by atoms with van der Waals surface area (Å²) < 4.78 is 5.49. The fourth-order valence-electron chi connectivity index (χ4n) is 3.31. The van der Waals surface area contributed by atoms with E-state index in [-0.39, 0.29) is 6.09 Å². The van der Waals surface area contributed by atoms with Crippen LogP contribution < -0.4 is 0 Å². The van der Waals surface area contributed by atoms with Crippen LogP contribution in [0.25, 0.3) is 0 Å². The lowest BCUT2D eigenvalue weighted by atomic mass is 10.1. The molecule has 1 saturated heterocycles. The van der Waals surface area contributed by atoms with Crippen LogP contribution >= 0.6 is 23.2 Å². The quantitative estimate of drug-likeness (QED) is 0.666. The van der Waals surface area contributed by atoms with Crippen molar-refractivity contribution in [2.45, 2.75) is 26.3 Å². The van der Waals surface area contributed by atoms with Gasteiger partial charge in [0.05, 0.1) is 16.7 Å². The Balaban J connectivity index is 1.44. The molecule has 0 bridgehead atoms. The molecule has 1 aliphatic heterocycles. The topological polar surface area (TPSA) is 32.8 Å². The van der Waals surface area contributed by atoms with Crippen LogP contribution in [0.5, 0.6) is 0 Å². The zero-order valence-electron chi connectivity index (χ0n) is 16.2. The van der Waals surface area contributed by atoms with Gasteiger partial charge in [0.25, 0.3) is 0 Å². The highest BCUT2D eigenvalue weighted by molar-refractivity contribution is 6.42. The molecule has 0 atom stereocenters. The summed E-state index contributed by atoms with van der Waals surface area (Å²) in [4.78, 5) is 16.5. The Morgan fingerprint density at radius 2 is 1.71 bits per heavy atom. The molecule has 1 amide bonds. The van der Waals surface area contributed by atoms with Crippen molar-refractivity contribution in [3.8, 4) is 0 Å². The summed E-state index contributed by atoms with van der Waals surface area (Å²) in [6.07, 6.45) is 1.45. The lowest BCUT2D eigenvalue weighted by Crippen LogP contribution is -2.35. The number of benzene rings is 2. The highest BCUT2D eigenvalue weighted by atomic mass is 35.5. The fourth-order valence-corrected chi connectivity index (χ4v) is 3.63. The van der Waals surface area contributed by atoms with Crippen molar-refractivity contribution in [3.05, 3.63) is 69.2 Å². The third-order valence-electron chi connectivity index (χ3n) is 4.97. The molecule has 0 saturated carbocycles. The third-order valence-corrected chi connectivity index (χ3v) is 5.71. The number of hydrogen-bond donors (Lipinski definition) is 0. The van der Waals surface area contributed by atoms with Crippen LogP contribution in [0, 0.1) is 6.92 Å². The molecule has 0 aromatic heterocycles. The van der Waals surface area contributed by atoms with Crippen LogP contribution in [0.2, 0.25) is 10.0 Å². The molecule has 2 aromatic rings. The number of hydrogen-bond acceptors (Lipinski definition) is 3. The number of carbonyl (C=O) groups excluding carboxylic acids is 1. The number of nitrogens with zero attached hydrogens (tertiary/aromatic N) is 2. The first-order valence-corrected chi connectivity index (χ1v) is 10.4. The molecule has 150 valence electrons. The van der Waals surface area contributed by atoms with Crippen LogP contribution in [-0.4, -0.2) is 48.7 Å². The molecule has 1 heterocycles. The normalized spacial score (nSPS) is 15.3. The molecule has 0 unspecified atom stereocenters. The average Bonchev–Trinajstić information content (AvgIpc) is 2.92. The minimum atomic E-state index is -0.219. The Kier molecular flexibility index (Phi) is 7.60. The van der Waals surface area contributed by atoms with Gasteiger partial charge in [0, 0.05) is 39.1 Å². The van der Waals surface area contributed by atoms with E-state index in [9.17, 15) is 4.79 Å². The zero-order valence-corrected chi connectivity index (χ0v) is 17.7. The van der Waals surface area contributed by atoms with E-state index in [1.54, 1.807) is 0 Å². The second-order valence-electron chi connectivity index (χ2n) is 7.22. The third kappa shape index (κ3) is 6.13. The second-order valence-corrected chi connectivity index (χ2v) is 8.03. The van der Waals surface area contributed by atoms with E-state index >= 15 is 0 Å². The number of aryl methyl sites for hydroxylation is 1. The molecule has 0 N–H and O–H groups in total. The molecular weight excluding hydrogens is 395 g/mol. The van der Waals surface area contributed by atoms with E-state index in [1.807, 2.05) is 23.1 Å². The second kappa shape index (κ2) is 10.1. The van der Waals surface area contributed by atoms with Gasteiger partial charge in [-0.3, -0.25) is 4.90 Å². The van der Waals surface area contributed by atoms with E-state index in [1.165, 1.54) is 11.1 Å². The summed E-state index contributed by atoms with van der Waals surface area (Å²) in [5, 5.41) is 1.15. The molecule has 4 nitrogen and oxygen atoms in total. The SMILES string of the molecule is Cc1ccc(CCOC(=O)N2CCCN(Cc3ccc(Cl)c(Cl)c3)CC2)cc1. The van der Waals surface area contributed by atoms with Crippen molar-refractivity contribution < 1.29 is 9.53 Å². The van der Waals surface area contributed by atoms with Crippen molar-refractivity contribution in [1.82, 2.24) is 9.80 Å². The maximum absolute atomic E-state index is 12.4. The number of halogens is 2. The smallest absolute Gasteiger partial charge is 0.409 e. The predicted molar refractivity (Wildman–Crippen MR) is 114 cm³/mol. The molecular formula is C22H26Cl2N2O2. The molecule has 0 aliphatic carbocycles. The Morgan fingerprint density at radius 1 is 0.964 bits per heavy atom. The minimum Gasteiger partial charge on any atom is -0.449 e. The van der Waals surface area contributed by atoms with E-state index < -0.39 is 0 Å².